The van der Waals surface area contributed by atoms with E-state index in [-0.39, 0.29) is 0 Å². The van der Waals surface area contributed by atoms with Crippen molar-refractivity contribution in [2.75, 3.05) is 0 Å². The van der Waals surface area contributed by atoms with E-state index in [1.165, 1.54) is 32.9 Å². The molecule has 0 aliphatic carbocycles. The molecule has 2 atom stereocenters. The van der Waals surface area contributed by atoms with Crippen LogP contribution >= 0.6 is 0 Å². The average molecular weight is 373 g/mol. The number of rotatable bonds is 4. The van der Waals surface area contributed by atoms with Crippen LogP contribution in [0.25, 0.3) is 0 Å². The fourth-order valence-corrected chi connectivity index (χ4v) is 5.68. The predicted molar refractivity (Wildman–Crippen MR) is 94.0 cm³/mol. The molecule has 2 aromatic rings. The van der Waals surface area contributed by atoms with Gasteiger partial charge in [0.25, 0.3) is 0 Å². The molecule has 0 bridgehead atoms. The number of hydrogen-bond donors (Lipinski definition) is 0. The van der Waals surface area contributed by atoms with Crippen molar-refractivity contribution in [3.63, 3.8) is 0 Å². The Hall–Kier alpha value is -1.44. The summed E-state index contributed by atoms with van der Waals surface area (Å²) in [6.07, 6.45) is 2.89. The first-order valence-corrected chi connectivity index (χ1v) is 10.7. The first kappa shape index (κ1) is 15.1. The van der Waals surface area contributed by atoms with Crippen molar-refractivity contribution >= 4 is 15.0 Å². The van der Waals surface area contributed by atoms with Gasteiger partial charge in [0.1, 0.15) is 0 Å². The maximum atomic E-state index is 6.16. The second-order valence-corrected chi connectivity index (χ2v) is 8.81. The van der Waals surface area contributed by atoms with Gasteiger partial charge in [0.2, 0.25) is 0 Å². The van der Waals surface area contributed by atoms with Crippen molar-refractivity contribution < 1.29 is 9.47 Å². The predicted octanol–water partition coefficient (Wildman–Crippen LogP) is 4.15. The molecular weight excluding hydrogens is 351 g/mol. The molecule has 0 saturated heterocycles. The molecule has 0 spiro atoms. The summed E-state index contributed by atoms with van der Waals surface area (Å²) in [6.45, 7) is 4.27. The molecule has 0 N–H and O–H groups in total. The van der Waals surface area contributed by atoms with Gasteiger partial charge in [0.15, 0.2) is 0 Å². The van der Waals surface area contributed by atoms with Crippen LogP contribution in [-0.4, -0.2) is 27.2 Å². The summed E-state index contributed by atoms with van der Waals surface area (Å²) in [4.78, 5) is 0. The summed E-state index contributed by atoms with van der Waals surface area (Å²) in [6, 6.07) is 13.0. The molecule has 2 nitrogen and oxygen atoms in total. The molecule has 2 heterocycles. The molecule has 0 aromatic heterocycles. The van der Waals surface area contributed by atoms with Gasteiger partial charge >= 0.3 is 144 Å². The minimum atomic E-state index is 0.372. The van der Waals surface area contributed by atoms with Crippen LogP contribution in [0.5, 0.6) is 11.5 Å². The molecule has 2 unspecified atom stereocenters. The van der Waals surface area contributed by atoms with E-state index in [0.29, 0.717) is 27.2 Å². The SMILES string of the molecule is Cc1cccc2c1OC(C[Se]CC1Cc3cccc(C)c3O1)C2. The molecule has 0 amide bonds. The molecule has 2 aliphatic rings. The summed E-state index contributed by atoms with van der Waals surface area (Å²) in [5, 5.41) is 2.35. The van der Waals surface area contributed by atoms with Gasteiger partial charge in [-0.2, -0.15) is 0 Å². The normalized spacial score (nSPS) is 21.5. The molecular formula is C20H22O2Se. The third-order valence-electron chi connectivity index (χ3n) is 4.66. The Balaban J connectivity index is 1.28. The van der Waals surface area contributed by atoms with Crippen LogP contribution in [0.15, 0.2) is 36.4 Å². The van der Waals surface area contributed by atoms with Crippen LogP contribution in [-0.2, 0) is 12.8 Å². The number of ether oxygens (including phenoxy) is 2. The number of benzene rings is 2. The van der Waals surface area contributed by atoms with Crippen LogP contribution < -0.4 is 9.47 Å². The van der Waals surface area contributed by atoms with Gasteiger partial charge in [-0.25, -0.2) is 0 Å². The summed E-state index contributed by atoms with van der Waals surface area (Å²) in [7, 11) is 0. The molecule has 2 aliphatic heterocycles. The van der Waals surface area contributed by atoms with Gasteiger partial charge in [-0.05, 0) is 0 Å². The van der Waals surface area contributed by atoms with Crippen LogP contribution in [0.2, 0.25) is 10.6 Å². The van der Waals surface area contributed by atoms with Crippen molar-refractivity contribution in [1.29, 1.82) is 0 Å². The Morgan fingerprint density at radius 3 is 1.74 bits per heavy atom. The third kappa shape index (κ3) is 3.00. The Bertz CT molecular complexity index is 664. The van der Waals surface area contributed by atoms with E-state index in [0.717, 1.165) is 24.3 Å². The molecule has 0 saturated carbocycles. The van der Waals surface area contributed by atoms with E-state index in [1.807, 2.05) is 0 Å². The topological polar surface area (TPSA) is 18.5 Å². The van der Waals surface area contributed by atoms with E-state index >= 15 is 0 Å². The zero-order valence-electron chi connectivity index (χ0n) is 13.7. The van der Waals surface area contributed by atoms with Gasteiger partial charge < -0.3 is 0 Å². The summed E-state index contributed by atoms with van der Waals surface area (Å²) in [5.41, 5.74) is 5.29. The van der Waals surface area contributed by atoms with Gasteiger partial charge in [-0.15, -0.1) is 0 Å². The van der Waals surface area contributed by atoms with Gasteiger partial charge in [-0.1, -0.05) is 0 Å². The van der Waals surface area contributed by atoms with Crippen molar-refractivity contribution in [2.24, 2.45) is 0 Å². The standard InChI is InChI=1S/C20H22O2Se/c1-13-5-3-7-15-9-17(21-19(13)15)11-23-12-18-10-16-8-4-6-14(2)20(16)22-18/h3-8,17-18H,9-12H2,1-2H3. The minimum absolute atomic E-state index is 0.372. The number of aryl methyl sites for hydroxylation is 2. The second-order valence-electron chi connectivity index (χ2n) is 6.55. The van der Waals surface area contributed by atoms with E-state index in [4.69, 9.17) is 9.47 Å². The van der Waals surface area contributed by atoms with Crippen LogP contribution in [0.1, 0.15) is 22.3 Å². The van der Waals surface area contributed by atoms with Crippen molar-refractivity contribution in [1.82, 2.24) is 0 Å². The van der Waals surface area contributed by atoms with E-state index in [9.17, 15) is 0 Å². The van der Waals surface area contributed by atoms with E-state index < -0.39 is 0 Å². The van der Waals surface area contributed by atoms with Crippen LogP contribution in [0.4, 0.5) is 0 Å². The number of para-hydroxylation sites is 2. The Morgan fingerprint density at radius 2 is 1.30 bits per heavy atom. The maximum absolute atomic E-state index is 6.16. The van der Waals surface area contributed by atoms with Crippen molar-refractivity contribution in [3.8, 4) is 11.5 Å². The Labute approximate surface area is 144 Å². The zero-order valence-corrected chi connectivity index (χ0v) is 15.4. The van der Waals surface area contributed by atoms with Gasteiger partial charge in [0, 0.05) is 0 Å². The Morgan fingerprint density at radius 1 is 0.826 bits per heavy atom. The molecule has 3 heteroatoms. The molecule has 4 rings (SSSR count). The average Bonchev–Trinajstić information content (AvgIpc) is 3.12. The molecule has 2 aromatic carbocycles. The van der Waals surface area contributed by atoms with E-state index in [1.54, 1.807) is 0 Å². The summed E-state index contributed by atoms with van der Waals surface area (Å²) < 4.78 is 12.3. The molecule has 120 valence electrons. The summed E-state index contributed by atoms with van der Waals surface area (Å²) in [5.74, 6) is 2.27. The second kappa shape index (κ2) is 6.22. The van der Waals surface area contributed by atoms with Crippen molar-refractivity contribution in [2.45, 2.75) is 49.5 Å². The first-order valence-electron chi connectivity index (χ1n) is 8.29. The van der Waals surface area contributed by atoms with Crippen molar-refractivity contribution in [3.05, 3.63) is 58.7 Å². The Kier molecular flexibility index (Phi) is 4.09. The summed E-state index contributed by atoms with van der Waals surface area (Å²) >= 11 is 0.571. The van der Waals surface area contributed by atoms with Gasteiger partial charge in [-0.3, -0.25) is 0 Å². The van der Waals surface area contributed by atoms with Crippen LogP contribution in [0, 0.1) is 13.8 Å². The van der Waals surface area contributed by atoms with E-state index in [2.05, 4.69) is 50.2 Å². The van der Waals surface area contributed by atoms with Gasteiger partial charge in [0.05, 0.1) is 0 Å². The quantitative estimate of drug-likeness (QED) is 0.750. The molecule has 23 heavy (non-hydrogen) atoms. The fourth-order valence-electron chi connectivity index (χ4n) is 3.51. The monoisotopic (exact) mass is 374 g/mol. The van der Waals surface area contributed by atoms with Crippen LogP contribution in [0.3, 0.4) is 0 Å². The first-order chi connectivity index (χ1) is 11.2. The third-order valence-corrected chi connectivity index (χ3v) is 7.21. The zero-order chi connectivity index (χ0) is 15.8. The fraction of sp³-hybridized carbons (Fsp3) is 0.400. The molecule has 0 radical (unpaired) electrons. The molecule has 0 fully saturated rings. The number of hydrogen-bond acceptors (Lipinski definition) is 2. The number of fused-ring (bicyclic) bond motifs is 2.